The highest BCUT2D eigenvalue weighted by Crippen LogP contribution is 2.24. The van der Waals surface area contributed by atoms with Gasteiger partial charge in [0.1, 0.15) is 0 Å². The zero-order valence-electron chi connectivity index (χ0n) is 9.89. The van der Waals surface area contributed by atoms with Crippen molar-refractivity contribution in [2.24, 2.45) is 7.05 Å². The number of nitrogen functional groups attached to an aromatic ring is 1. The van der Waals surface area contributed by atoms with Gasteiger partial charge in [-0.15, -0.1) is 0 Å². The molecule has 0 saturated carbocycles. The Morgan fingerprint density at radius 3 is 2.82 bits per heavy atom. The highest BCUT2D eigenvalue weighted by atomic mass is 127. The van der Waals surface area contributed by atoms with E-state index in [9.17, 15) is 0 Å². The van der Waals surface area contributed by atoms with Crippen molar-refractivity contribution in [3.05, 3.63) is 39.7 Å². The summed E-state index contributed by atoms with van der Waals surface area (Å²) in [6.07, 6.45) is 3.92. The summed E-state index contributed by atoms with van der Waals surface area (Å²) in [7, 11) is 4.00. The molecular formula is C12H15IN4. The van der Waals surface area contributed by atoms with E-state index in [1.54, 1.807) is 0 Å². The lowest BCUT2D eigenvalue weighted by Crippen LogP contribution is -2.17. The smallest absolute Gasteiger partial charge is 0.0539 e. The first-order valence-electron chi connectivity index (χ1n) is 5.30. The van der Waals surface area contributed by atoms with Crippen LogP contribution >= 0.6 is 22.6 Å². The lowest BCUT2D eigenvalue weighted by molar-refractivity contribution is 0.766. The van der Waals surface area contributed by atoms with Gasteiger partial charge in [-0.1, -0.05) is 0 Å². The van der Waals surface area contributed by atoms with Gasteiger partial charge in [-0.05, 0) is 40.8 Å². The number of aryl methyl sites for hydroxylation is 1. The number of rotatable bonds is 3. The molecule has 0 atom stereocenters. The lowest BCUT2D eigenvalue weighted by Gasteiger charge is -2.20. The number of aromatic nitrogens is 2. The van der Waals surface area contributed by atoms with Gasteiger partial charge in [0.25, 0.3) is 0 Å². The average molecular weight is 342 g/mol. The number of nitrogens with two attached hydrogens (primary N) is 1. The number of halogens is 1. The first kappa shape index (κ1) is 12.2. The first-order valence-corrected chi connectivity index (χ1v) is 6.38. The third-order valence-corrected chi connectivity index (χ3v) is 3.43. The Labute approximate surface area is 115 Å². The Morgan fingerprint density at radius 2 is 2.24 bits per heavy atom. The summed E-state index contributed by atoms with van der Waals surface area (Å²) < 4.78 is 2.98. The van der Waals surface area contributed by atoms with Crippen molar-refractivity contribution in [1.82, 2.24) is 9.78 Å². The maximum atomic E-state index is 5.75. The van der Waals surface area contributed by atoms with Crippen LogP contribution in [0.4, 0.5) is 11.4 Å². The molecule has 0 radical (unpaired) electrons. The fourth-order valence-electron chi connectivity index (χ4n) is 1.75. The second-order valence-corrected chi connectivity index (χ2v) is 5.25. The molecule has 0 unspecified atom stereocenters. The van der Waals surface area contributed by atoms with E-state index in [0.717, 1.165) is 15.8 Å². The molecular weight excluding hydrogens is 327 g/mol. The molecule has 0 saturated heterocycles. The van der Waals surface area contributed by atoms with E-state index in [1.807, 2.05) is 42.3 Å². The van der Waals surface area contributed by atoms with Crippen molar-refractivity contribution < 1.29 is 0 Å². The summed E-state index contributed by atoms with van der Waals surface area (Å²) in [5, 5.41) is 4.17. The molecule has 90 valence electrons. The van der Waals surface area contributed by atoms with E-state index >= 15 is 0 Å². The predicted molar refractivity (Wildman–Crippen MR) is 78.9 cm³/mol. The zero-order chi connectivity index (χ0) is 12.4. The Kier molecular flexibility index (Phi) is 3.56. The SMILES string of the molecule is CN(Cc1cnn(C)c1)c1ccc(N)cc1I. The number of hydrogen-bond acceptors (Lipinski definition) is 3. The molecule has 0 aliphatic carbocycles. The second-order valence-electron chi connectivity index (χ2n) is 4.09. The Balaban J connectivity index is 2.17. The van der Waals surface area contributed by atoms with Crippen molar-refractivity contribution in [2.75, 3.05) is 17.7 Å². The van der Waals surface area contributed by atoms with Crippen LogP contribution in [0.2, 0.25) is 0 Å². The van der Waals surface area contributed by atoms with Gasteiger partial charge >= 0.3 is 0 Å². The van der Waals surface area contributed by atoms with Crippen LogP contribution in [0.1, 0.15) is 5.56 Å². The zero-order valence-corrected chi connectivity index (χ0v) is 12.0. The minimum atomic E-state index is 0.799. The van der Waals surface area contributed by atoms with Crippen molar-refractivity contribution in [3.63, 3.8) is 0 Å². The first-order chi connectivity index (χ1) is 8.06. The van der Waals surface area contributed by atoms with Crippen LogP contribution in [0.5, 0.6) is 0 Å². The summed E-state index contributed by atoms with van der Waals surface area (Å²) in [6.45, 7) is 0.841. The topological polar surface area (TPSA) is 47.1 Å². The van der Waals surface area contributed by atoms with Gasteiger partial charge in [0.05, 0.1) is 11.9 Å². The molecule has 0 spiro atoms. The highest BCUT2D eigenvalue weighted by molar-refractivity contribution is 14.1. The lowest BCUT2D eigenvalue weighted by atomic mass is 10.2. The Hall–Kier alpha value is -1.24. The molecule has 2 rings (SSSR count). The van der Waals surface area contributed by atoms with Crippen molar-refractivity contribution >= 4 is 34.0 Å². The minimum Gasteiger partial charge on any atom is -0.399 e. The van der Waals surface area contributed by atoms with Crippen LogP contribution in [0.15, 0.2) is 30.6 Å². The third-order valence-electron chi connectivity index (χ3n) is 2.56. The van der Waals surface area contributed by atoms with Crippen LogP contribution in [0.25, 0.3) is 0 Å². The number of nitrogens with zero attached hydrogens (tertiary/aromatic N) is 3. The van der Waals surface area contributed by atoms with Gasteiger partial charge < -0.3 is 10.6 Å². The fraction of sp³-hybridized carbons (Fsp3) is 0.250. The Morgan fingerprint density at radius 1 is 1.47 bits per heavy atom. The molecule has 0 bridgehead atoms. The molecule has 0 fully saturated rings. The van der Waals surface area contributed by atoms with E-state index in [1.165, 1.54) is 11.3 Å². The van der Waals surface area contributed by atoms with Gasteiger partial charge in [0.2, 0.25) is 0 Å². The van der Waals surface area contributed by atoms with Gasteiger partial charge in [0.15, 0.2) is 0 Å². The van der Waals surface area contributed by atoms with Gasteiger partial charge in [-0.25, -0.2) is 0 Å². The van der Waals surface area contributed by atoms with E-state index < -0.39 is 0 Å². The molecule has 0 aliphatic heterocycles. The van der Waals surface area contributed by atoms with Crippen LogP contribution in [0, 0.1) is 3.57 Å². The van der Waals surface area contributed by atoms with Crippen LogP contribution in [-0.2, 0) is 13.6 Å². The summed E-state index contributed by atoms with van der Waals surface area (Å²) >= 11 is 2.31. The molecule has 4 nitrogen and oxygen atoms in total. The van der Waals surface area contributed by atoms with Crippen LogP contribution < -0.4 is 10.6 Å². The molecule has 0 amide bonds. The highest BCUT2D eigenvalue weighted by Gasteiger charge is 2.07. The summed E-state index contributed by atoms with van der Waals surface area (Å²) in [5.41, 5.74) is 8.93. The van der Waals surface area contributed by atoms with E-state index in [4.69, 9.17) is 5.73 Å². The molecule has 1 aromatic heterocycles. The maximum Gasteiger partial charge on any atom is 0.0539 e. The van der Waals surface area contributed by atoms with Crippen molar-refractivity contribution in [3.8, 4) is 0 Å². The van der Waals surface area contributed by atoms with E-state index in [-0.39, 0.29) is 0 Å². The fourth-order valence-corrected chi connectivity index (χ4v) is 2.70. The third kappa shape index (κ3) is 2.91. The molecule has 0 aliphatic rings. The predicted octanol–water partition coefficient (Wildman–Crippen LogP) is 2.24. The molecule has 1 aromatic carbocycles. The normalized spacial score (nSPS) is 10.5. The largest absolute Gasteiger partial charge is 0.399 e. The number of anilines is 2. The molecule has 2 N–H and O–H groups in total. The number of hydrogen-bond donors (Lipinski definition) is 1. The average Bonchev–Trinajstić information content (AvgIpc) is 2.63. The summed E-state index contributed by atoms with van der Waals surface area (Å²) in [5.74, 6) is 0. The molecule has 2 aromatic rings. The molecule has 17 heavy (non-hydrogen) atoms. The van der Waals surface area contributed by atoms with Gasteiger partial charge in [0, 0.05) is 41.7 Å². The minimum absolute atomic E-state index is 0.799. The van der Waals surface area contributed by atoms with Gasteiger partial charge in [-0.3, -0.25) is 4.68 Å². The van der Waals surface area contributed by atoms with Crippen molar-refractivity contribution in [1.29, 1.82) is 0 Å². The number of benzene rings is 1. The van der Waals surface area contributed by atoms with Crippen LogP contribution in [0.3, 0.4) is 0 Å². The van der Waals surface area contributed by atoms with E-state index in [0.29, 0.717) is 0 Å². The quantitative estimate of drug-likeness (QED) is 0.688. The van der Waals surface area contributed by atoms with Gasteiger partial charge in [-0.2, -0.15) is 5.10 Å². The standard InChI is InChI=1S/C12H15IN4/c1-16(7-9-6-15-17(2)8-9)12-4-3-10(14)5-11(12)13/h3-6,8H,7,14H2,1-2H3. The second kappa shape index (κ2) is 4.95. The van der Waals surface area contributed by atoms with E-state index in [2.05, 4.69) is 39.6 Å². The molecule has 5 heteroatoms. The Bertz CT molecular complexity index is 521. The maximum absolute atomic E-state index is 5.75. The summed E-state index contributed by atoms with van der Waals surface area (Å²) in [6, 6.07) is 5.96. The van der Waals surface area contributed by atoms with Crippen LogP contribution in [-0.4, -0.2) is 16.8 Å². The molecule has 1 heterocycles. The van der Waals surface area contributed by atoms with Crippen molar-refractivity contribution in [2.45, 2.75) is 6.54 Å². The monoisotopic (exact) mass is 342 g/mol. The summed E-state index contributed by atoms with van der Waals surface area (Å²) in [4.78, 5) is 2.19.